The number of nitrogens with one attached hydrogen (secondary N) is 1. The minimum atomic E-state index is 0.835. The van der Waals surface area contributed by atoms with E-state index in [4.69, 9.17) is 4.98 Å². The molecule has 3 heteroatoms. The van der Waals surface area contributed by atoms with Crippen molar-refractivity contribution in [2.24, 2.45) is 0 Å². The number of fused-ring (bicyclic) bond motifs is 3. The van der Waals surface area contributed by atoms with Gasteiger partial charge < -0.3 is 0 Å². The van der Waals surface area contributed by atoms with Gasteiger partial charge in [0.25, 0.3) is 0 Å². The van der Waals surface area contributed by atoms with Crippen molar-refractivity contribution in [3.8, 4) is 0 Å². The number of nitrogens with zero attached hydrogens (tertiary/aromatic N) is 2. The molecule has 0 atom stereocenters. The van der Waals surface area contributed by atoms with Crippen LogP contribution in [-0.2, 0) is 6.42 Å². The fourth-order valence-electron chi connectivity index (χ4n) is 2.81. The van der Waals surface area contributed by atoms with Crippen molar-refractivity contribution in [1.29, 1.82) is 0 Å². The van der Waals surface area contributed by atoms with Crippen LogP contribution in [0.5, 0.6) is 0 Å². The minimum absolute atomic E-state index is 0.835. The monoisotopic (exact) mass is 273 g/mol. The normalized spacial score (nSPS) is 11.3. The highest BCUT2D eigenvalue weighted by molar-refractivity contribution is 6.05. The van der Waals surface area contributed by atoms with Gasteiger partial charge in [0.15, 0.2) is 0 Å². The summed E-state index contributed by atoms with van der Waals surface area (Å²) in [6.45, 7) is 2.02. The SMILES string of the molecule is Cc1[nH]nc2c1nc(Cc1ccccc1)c1ccccc12. The van der Waals surface area contributed by atoms with Crippen LogP contribution in [0, 0.1) is 6.92 Å². The summed E-state index contributed by atoms with van der Waals surface area (Å²) in [6.07, 6.45) is 0.835. The number of aryl methyl sites for hydroxylation is 1. The lowest BCUT2D eigenvalue weighted by molar-refractivity contribution is 1.07. The first-order chi connectivity index (χ1) is 10.3. The predicted octanol–water partition coefficient (Wildman–Crippen LogP) is 4.01. The Balaban J connectivity index is 1.99. The van der Waals surface area contributed by atoms with Crippen molar-refractivity contribution in [1.82, 2.24) is 15.2 Å². The summed E-state index contributed by atoms with van der Waals surface area (Å²) in [5.74, 6) is 0. The first-order valence-electron chi connectivity index (χ1n) is 7.09. The number of rotatable bonds is 2. The Morgan fingerprint density at radius 3 is 2.38 bits per heavy atom. The van der Waals surface area contributed by atoms with Crippen molar-refractivity contribution < 1.29 is 0 Å². The quantitative estimate of drug-likeness (QED) is 0.599. The summed E-state index contributed by atoms with van der Waals surface area (Å²) in [7, 11) is 0. The standard InChI is InChI=1S/C18H15N3/c1-12-17-18(21-20-12)15-10-6-5-9-14(15)16(19-17)11-13-7-3-2-4-8-13/h2-10H,11H2,1H3,(H,20,21). The van der Waals surface area contributed by atoms with E-state index in [0.29, 0.717) is 0 Å². The molecule has 0 unspecified atom stereocenters. The van der Waals surface area contributed by atoms with Gasteiger partial charge in [-0.15, -0.1) is 0 Å². The third-order valence-corrected chi connectivity index (χ3v) is 3.87. The minimum Gasteiger partial charge on any atom is -0.280 e. The van der Waals surface area contributed by atoms with E-state index in [1.165, 1.54) is 10.9 Å². The Labute approximate surface area is 122 Å². The maximum Gasteiger partial charge on any atom is 0.119 e. The first kappa shape index (κ1) is 12.1. The van der Waals surface area contributed by atoms with E-state index in [9.17, 15) is 0 Å². The molecule has 4 rings (SSSR count). The maximum atomic E-state index is 4.86. The largest absolute Gasteiger partial charge is 0.280 e. The highest BCUT2D eigenvalue weighted by Gasteiger charge is 2.12. The van der Waals surface area contributed by atoms with Gasteiger partial charge in [0, 0.05) is 17.2 Å². The molecule has 0 radical (unpaired) electrons. The molecule has 1 N–H and O–H groups in total. The molecule has 2 aromatic carbocycles. The molecule has 0 bridgehead atoms. The molecule has 3 nitrogen and oxygen atoms in total. The number of benzene rings is 2. The van der Waals surface area contributed by atoms with Gasteiger partial charge in [-0.3, -0.25) is 5.10 Å². The second kappa shape index (κ2) is 4.70. The molecule has 0 aliphatic rings. The number of aromatic nitrogens is 3. The van der Waals surface area contributed by atoms with Crippen LogP contribution in [0.25, 0.3) is 21.8 Å². The summed E-state index contributed by atoms with van der Waals surface area (Å²) in [5, 5.41) is 9.80. The Bertz CT molecular complexity index is 923. The zero-order valence-corrected chi connectivity index (χ0v) is 11.8. The van der Waals surface area contributed by atoms with Crippen LogP contribution >= 0.6 is 0 Å². The second-order valence-corrected chi connectivity index (χ2v) is 5.31. The maximum absolute atomic E-state index is 4.86. The van der Waals surface area contributed by atoms with E-state index >= 15 is 0 Å². The van der Waals surface area contributed by atoms with Gasteiger partial charge in [0.1, 0.15) is 11.0 Å². The van der Waals surface area contributed by atoms with Crippen LogP contribution in [0.4, 0.5) is 0 Å². The van der Waals surface area contributed by atoms with E-state index in [2.05, 4.69) is 58.7 Å². The van der Waals surface area contributed by atoms with Crippen molar-refractivity contribution in [2.75, 3.05) is 0 Å². The highest BCUT2D eigenvalue weighted by atomic mass is 15.1. The molecule has 0 aliphatic carbocycles. The molecule has 0 saturated carbocycles. The average molecular weight is 273 g/mol. The molecule has 2 aromatic heterocycles. The Morgan fingerprint density at radius 2 is 1.57 bits per heavy atom. The summed E-state index contributed by atoms with van der Waals surface area (Å²) < 4.78 is 0. The van der Waals surface area contributed by atoms with Gasteiger partial charge in [-0.2, -0.15) is 5.10 Å². The first-order valence-corrected chi connectivity index (χ1v) is 7.09. The van der Waals surface area contributed by atoms with Crippen molar-refractivity contribution in [3.05, 3.63) is 71.5 Å². The number of pyridine rings is 1. The lowest BCUT2D eigenvalue weighted by Crippen LogP contribution is -1.95. The zero-order chi connectivity index (χ0) is 14.2. The number of H-pyrrole nitrogens is 1. The van der Waals surface area contributed by atoms with Crippen LogP contribution in [-0.4, -0.2) is 15.2 Å². The molecule has 0 fully saturated rings. The molecule has 0 saturated heterocycles. The molecule has 2 heterocycles. The van der Waals surface area contributed by atoms with Crippen LogP contribution in [0.3, 0.4) is 0 Å². The third kappa shape index (κ3) is 1.98. The Morgan fingerprint density at radius 1 is 0.857 bits per heavy atom. The Kier molecular flexibility index (Phi) is 2.71. The van der Waals surface area contributed by atoms with Crippen molar-refractivity contribution >= 4 is 21.8 Å². The predicted molar refractivity (Wildman–Crippen MR) is 85.4 cm³/mol. The van der Waals surface area contributed by atoms with E-state index in [1.54, 1.807) is 0 Å². The lowest BCUT2D eigenvalue weighted by Gasteiger charge is -2.07. The van der Waals surface area contributed by atoms with E-state index < -0.39 is 0 Å². The fourth-order valence-corrected chi connectivity index (χ4v) is 2.81. The molecular weight excluding hydrogens is 258 g/mol. The van der Waals surface area contributed by atoms with Crippen LogP contribution in [0.1, 0.15) is 17.0 Å². The van der Waals surface area contributed by atoms with E-state index in [1.807, 2.05) is 13.0 Å². The van der Waals surface area contributed by atoms with E-state index in [0.717, 1.165) is 34.2 Å². The lowest BCUT2D eigenvalue weighted by atomic mass is 10.0. The van der Waals surface area contributed by atoms with Crippen LogP contribution in [0.2, 0.25) is 0 Å². The average Bonchev–Trinajstić information content (AvgIpc) is 2.90. The number of hydrogen-bond donors (Lipinski definition) is 1. The van der Waals surface area contributed by atoms with Crippen molar-refractivity contribution in [2.45, 2.75) is 13.3 Å². The zero-order valence-electron chi connectivity index (χ0n) is 11.8. The summed E-state index contributed by atoms with van der Waals surface area (Å²) >= 11 is 0. The molecule has 0 amide bonds. The molecule has 4 aromatic rings. The fraction of sp³-hybridized carbons (Fsp3) is 0.111. The molecule has 21 heavy (non-hydrogen) atoms. The molecule has 0 aliphatic heterocycles. The molecule has 102 valence electrons. The van der Waals surface area contributed by atoms with Crippen molar-refractivity contribution in [3.63, 3.8) is 0 Å². The molecule has 0 spiro atoms. The van der Waals surface area contributed by atoms with Gasteiger partial charge in [0.05, 0.1) is 11.4 Å². The van der Waals surface area contributed by atoms with Gasteiger partial charge in [-0.25, -0.2) is 4.98 Å². The van der Waals surface area contributed by atoms with Gasteiger partial charge in [-0.05, 0) is 12.5 Å². The van der Waals surface area contributed by atoms with Gasteiger partial charge in [-0.1, -0.05) is 54.6 Å². The summed E-state index contributed by atoms with van der Waals surface area (Å²) in [4.78, 5) is 4.86. The van der Waals surface area contributed by atoms with Gasteiger partial charge >= 0.3 is 0 Å². The highest BCUT2D eigenvalue weighted by Crippen LogP contribution is 2.27. The second-order valence-electron chi connectivity index (χ2n) is 5.31. The topological polar surface area (TPSA) is 41.6 Å². The van der Waals surface area contributed by atoms with Gasteiger partial charge in [0.2, 0.25) is 0 Å². The van der Waals surface area contributed by atoms with Crippen LogP contribution < -0.4 is 0 Å². The molecular formula is C18H15N3. The smallest absolute Gasteiger partial charge is 0.119 e. The number of aromatic amines is 1. The number of hydrogen-bond acceptors (Lipinski definition) is 2. The van der Waals surface area contributed by atoms with Crippen LogP contribution in [0.15, 0.2) is 54.6 Å². The van der Waals surface area contributed by atoms with E-state index in [-0.39, 0.29) is 0 Å². The summed E-state index contributed by atoms with van der Waals surface area (Å²) in [5.41, 5.74) is 5.33. The third-order valence-electron chi connectivity index (χ3n) is 3.87. The summed E-state index contributed by atoms with van der Waals surface area (Å²) in [6, 6.07) is 18.8. The Hall–Kier alpha value is -2.68.